The Labute approximate surface area is 104 Å². The smallest absolute Gasteiger partial charge is 0.227 e. The highest BCUT2D eigenvalue weighted by Crippen LogP contribution is 2.22. The molecule has 0 radical (unpaired) electrons. The van der Waals surface area contributed by atoms with E-state index in [1.54, 1.807) is 4.90 Å². The van der Waals surface area contributed by atoms with Gasteiger partial charge in [0.15, 0.2) is 0 Å². The van der Waals surface area contributed by atoms with Gasteiger partial charge < -0.3 is 10.6 Å². The lowest BCUT2D eigenvalue weighted by atomic mass is 9.91. The molecule has 0 saturated carbocycles. The molecule has 0 aromatic heterocycles. The number of carbonyl (C=O) groups excluding carboxylic acids is 1. The second-order valence-corrected chi connectivity index (χ2v) is 5.56. The van der Waals surface area contributed by atoms with Crippen LogP contribution in [0.1, 0.15) is 32.8 Å². The molecular weight excluding hydrogens is 212 g/mol. The van der Waals surface area contributed by atoms with Crippen molar-refractivity contribution in [3.63, 3.8) is 0 Å². The molecule has 17 heavy (non-hydrogen) atoms. The van der Waals surface area contributed by atoms with Gasteiger partial charge in [-0.1, -0.05) is 32.9 Å². The number of nitrogens with two attached hydrogens (primary N) is 1. The average Bonchev–Trinajstić information content (AvgIpc) is 2.26. The van der Waals surface area contributed by atoms with Crippen molar-refractivity contribution >= 4 is 11.6 Å². The van der Waals surface area contributed by atoms with E-state index in [0.717, 1.165) is 11.3 Å². The zero-order chi connectivity index (χ0) is 13.1. The van der Waals surface area contributed by atoms with Crippen LogP contribution in [0.25, 0.3) is 0 Å². The Morgan fingerprint density at radius 3 is 2.53 bits per heavy atom. The molecule has 0 atom stereocenters. The molecule has 1 aromatic rings. The Kier molecular flexibility index (Phi) is 4.29. The molecule has 0 unspecified atom stereocenters. The van der Waals surface area contributed by atoms with Crippen molar-refractivity contribution in [3.8, 4) is 0 Å². The Balaban J connectivity index is 2.81. The van der Waals surface area contributed by atoms with Crippen LogP contribution in [0, 0.1) is 5.41 Å². The number of hydrogen-bond acceptors (Lipinski definition) is 2. The van der Waals surface area contributed by atoms with Gasteiger partial charge in [-0.05, 0) is 23.1 Å². The Bertz CT molecular complexity index is 393. The topological polar surface area (TPSA) is 46.3 Å². The van der Waals surface area contributed by atoms with Crippen LogP contribution in [0.4, 0.5) is 5.69 Å². The molecule has 94 valence electrons. The van der Waals surface area contributed by atoms with Gasteiger partial charge in [0.1, 0.15) is 0 Å². The fraction of sp³-hybridized carbons (Fsp3) is 0.500. The van der Waals surface area contributed by atoms with Crippen molar-refractivity contribution in [2.75, 3.05) is 11.9 Å². The minimum Gasteiger partial charge on any atom is -0.326 e. The van der Waals surface area contributed by atoms with Gasteiger partial charge in [0.05, 0.1) is 0 Å². The number of amides is 1. The number of carbonyl (C=O) groups is 1. The molecule has 1 aromatic carbocycles. The second-order valence-electron chi connectivity index (χ2n) is 5.56. The summed E-state index contributed by atoms with van der Waals surface area (Å²) in [5, 5.41) is 0. The molecular formula is C14H22N2O. The fourth-order valence-electron chi connectivity index (χ4n) is 1.61. The van der Waals surface area contributed by atoms with Crippen LogP contribution in [0.15, 0.2) is 24.3 Å². The van der Waals surface area contributed by atoms with E-state index in [1.807, 2.05) is 31.3 Å². The molecule has 3 heteroatoms. The lowest BCUT2D eigenvalue weighted by molar-refractivity contribution is -0.120. The van der Waals surface area contributed by atoms with E-state index < -0.39 is 0 Å². The Morgan fingerprint density at radius 1 is 1.35 bits per heavy atom. The summed E-state index contributed by atoms with van der Waals surface area (Å²) >= 11 is 0. The summed E-state index contributed by atoms with van der Waals surface area (Å²) in [5.74, 6) is 0.131. The van der Waals surface area contributed by atoms with E-state index in [-0.39, 0.29) is 11.3 Å². The maximum atomic E-state index is 12.1. The molecule has 1 rings (SSSR count). The zero-order valence-electron chi connectivity index (χ0n) is 11.2. The van der Waals surface area contributed by atoms with E-state index in [4.69, 9.17) is 5.73 Å². The number of benzene rings is 1. The van der Waals surface area contributed by atoms with Gasteiger partial charge in [-0.3, -0.25) is 4.79 Å². The highest BCUT2D eigenvalue weighted by atomic mass is 16.2. The Hall–Kier alpha value is -1.35. The van der Waals surface area contributed by atoms with Crippen molar-refractivity contribution in [1.82, 2.24) is 0 Å². The summed E-state index contributed by atoms with van der Waals surface area (Å²) < 4.78 is 0. The summed E-state index contributed by atoms with van der Waals surface area (Å²) in [6.45, 7) is 6.69. The molecule has 0 bridgehead atoms. The van der Waals surface area contributed by atoms with Gasteiger partial charge in [0, 0.05) is 25.7 Å². The van der Waals surface area contributed by atoms with E-state index in [9.17, 15) is 4.79 Å². The lowest BCUT2D eigenvalue weighted by Crippen LogP contribution is -2.29. The molecule has 1 amide bonds. The van der Waals surface area contributed by atoms with Gasteiger partial charge >= 0.3 is 0 Å². The van der Waals surface area contributed by atoms with Gasteiger partial charge in [-0.15, -0.1) is 0 Å². The maximum Gasteiger partial charge on any atom is 0.227 e. The van der Waals surface area contributed by atoms with Crippen molar-refractivity contribution in [2.24, 2.45) is 11.1 Å². The summed E-state index contributed by atoms with van der Waals surface area (Å²) in [4.78, 5) is 13.8. The monoisotopic (exact) mass is 234 g/mol. The van der Waals surface area contributed by atoms with Crippen LogP contribution in [0.2, 0.25) is 0 Å². The minimum absolute atomic E-state index is 0.0107. The maximum absolute atomic E-state index is 12.1. The number of rotatable bonds is 3. The third kappa shape index (κ3) is 4.19. The molecule has 0 fully saturated rings. The summed E-state index contributed by atoms with van der Waals surface area (Å²) in [6, 6.07) is 7.78. The second kappa shape index (κ2) is 5.32. The molecule has 0 spiro atoms. The molecule has 0 aliphatic rings. The first kappa shape index (κ1) is 13.7. The minimum atomic E-state index is 0.0107. The summed E-state index contributed by atoms with van der Waals surface area (Å²) in [5.41, 5.74) is 7.55. The molecule has 3 nitrogen and oxygen atoms in total. The molecule has 0 saturated heterocycles. The van der Waals surface area contributed by atoms with Crippen molar-refractivity contribution < 1.29 is 4.79 Å². The van der Waals surface area contributed by atoms with Crippen LogP contribution < -0.4 is 10.6 Å². The standard InChI is InChI=1S/C14H22N2O/c1-14(2,3)9-13(17)16(4)12-7-5-6-11(8-12)10-15/h5-8H,9-10,15H2,1-4H3. The van der Waals surface area contributed by atoms with Crippen LogP contribution in [-0.4, -0.2) is 13.0 Å². The van der Waals surface area contributed by atoms with Gasteiger partial charge in [-0.2, -0.15) is 0 Å². The quantitative estimate of drug-likeness (QED) is 0.873. The van der Waals surface area contributed by atoms with Crippen molar-refractivity contribution in [3.05, 3.63) is 29.8 Å². The predicted molar refractivity (Wildman–Crippen MR) is 71.8 cm³/mol. The summed E-state index contributed by atoms with van der Waals surface area (Å²) in [6.07, 6.45) is 0.538. The van der Waals surface area contributed by atoms with Crippen LogP contribution in [0.3, 0.4) is 0 Å². The fourth-order valence-corrected chi connectivity index (χ4v) is 1.61. The van der Waals surface area contributed by atoms with Crippen LogP contribution in [0.5, 0.6) is 0 Å². The Morgan fingerprint density at radius 2 is 2.00 bits per heavy atom. The number of hydrogen-bond donors (Lipinski definition) is 1. The van der Waals surface area contributed by atoms with Crippen LogP contribution >= 0.6 is 0 Å². The molecule has 0 heterocycles. The first-order chi connectivity index (χ1) is 7.83. The molecule has 0 aliphatic carbocycles. The van der Waals surface area contributed by atoms with Crippen LogP contribution in [-0.2, 0) is 11.3 Å². The van der Waals surface area contributed by atoms with Crippen molar-refractivity contribution in [2.45, 2.75) is 33.7 Å². The molecule has 0 aliphatic heterocycles. The number of anilines is 1. The zero-order valence-corrected chi connectivity index (χ0v) is 11.2. The van der Waals surface area contributed by atoms with E-state index in [0.29, 0.717) is 13.0 Å². The van der Waals surface area contributed by atoms with E-state index >= 15 is 0 Å². The third-order valence-corrected chi connectivity index (χ3v) is 2.59. The third-order valence-electron chi connectivity index (χ3n) is 2.59. The first-order valence-electron chi connectivity index (χ1n) is 5.89. The highest BCUT2D eigenvalue weighted by molar-refractivity contribution is 5.93. The first-order valence-corrected chi connectivity index (χ1v) is 5.89. The average molecular weight is 234 g/mol. The molecule has 2 N–H and O–H groups in total. The lowest BCUT2D eigenvalue weighted by Gasteiger charge is -2.23. The van der Waals surface area contributed by atoms with E-state index in [2.05, 4.69) is 20.8 Å². The number of nitrogens with zero attached hydrogens (tertiary/aromatic N) is 1. The van der Waals surface area contributed by atoms with Gasteiger partial charge in [0.2, 0.25) is 5.91 Å². The summed E-state index contributed by atoms with van der Waals surface area (Å²) in [7, 11) is 1.81. The van der Waals surface area contributed by atoms with Gasteiger partial charge in [-0.25, -0.2) is 0 Å². The SMILES string of the molecule is CN(C(=O)CC(C)(C)C)c1cccc(CN)c1. The van der Waals surface area contributed by atoms with E-state index in [1.165, 1.54) is 0 Å². The largest absolute Gasteiger partial charge is 0.326 e. The van der Waals surface area contributed by atoms with Gasteiger partial charge in [0.25, 0.3) is 0 Å². The predicted octanol–water partition coefficient (Wildman–Crippen LogP) is 2.54. The highest BCUT2D eigenvalue weighted by Gasteiger charge is 2.19. The normalized spacial score (nSPS) is 11.4. The van der Waals surface area contributed by atoms with Crippen molar-refractivity contribution in [1.29, 1.82) is 0 Å².